The molecule has 1 aromatic carbocycles. The number of hydrogen-bond acceptors (Lipinski definition) is 3. The quantitative estimate of drug-likeness (QED) is 0.576. The second kappa shape index (κ2) is 4.62. The van der Waals surface area contributed by atoms with Crippen LogP contribution < -0.4 is 10.9 Å². The Labute approximate surface area is 82.3 Å². The fourth-order valence-electron chi connectivity index (χ4n) is 0.726. The van der Waals surface area contributed by atoms with Gasteiger partial charge in [-0.1, -0.05) is 11.6 Å². The lowest BCUT2D eigenvalue weighted by atomic mass is 10.3. The minimum Gasteiger partial charge on any atom is -0.482 e. The number of halogens is 1. The van der Waals surface area contributed by atoms with Crippen LogP contribution in [0, 0.1) is 0 Å². The van der Waals surface area contributed by atoms with E-state index in [-0.39, 0.29) is 0 Å². The van der Waals surface area contributed by atoms with Gasteiger partial charge in [0.15, 0.2) is 5.88 Å². The second-order valence-electron chi connectivity index (χ2n) is 2.38. The van der Waals surface area contributed by atoms with Gasteiger partial charge in [0.05, 0.1) is 12.8 Å². The normalized spacial score (nSPS) is 9.08. The van der Waals surface area contributed by atoms with Crippen LogP contribution in [-0.2, 0) is 4.74 Å². The van der Waals surface area contributed by atoms with E-state index in [1.54, 1.807) is 19.2 Å². The SMILES string of the molecule is C=C(NNc1ccc(Cl)cc1)OC. The van der Waals surface area contributed by atoms with Crippen molar-refractivity contribution < 1.29 is 4.74 Å². The largest absolute Gasteiger partial charge is 0.482 e. The lowest BCUT2D eigenvalue weighted by molar-refractivity contribution is 0.270. The molecule has 0 saturated heterocycles. The molecule has 1 aromatic rings. The first-order valence-corrected chi connectivity index (χ1v) is 4.10. The molecule has 1 rings (SSSR count). The van der Waals surface area contributed by atoms with Gasteiger partial charge in [0.25, 0.3) is 0 Å². The average Bonchev–Trinajstić information content (AvgIpc) is 2.16. The molecule has 0 fully saturated rings. The molecule has 13 heavy (non-hydrogen) atoms. The highest BCUT2D eigenvalue weighted by atomic mass is 35.5. The van der Waals surface area contributed by atoms with Crippen LogP contribution in [0.4, 0.5) is 5.69 Å². The number of methoxy groups -OCH3 is 1. The molecule has 0 unspecified atom stereocenters. The molecular formula is C9H11ClN2O. The number of hydrogen-bond donors (Lipinski definition) is 2. The predicted molar refractivity (Wildman–Crippen MR) is 54.4 cm³/mol. The Bertz CT molecular complexity index is 284. The Morgan fingerprint density at radius 3 is 2.54 bits per heavy atom. The van der Waals surface area contributed by atoms with Gasteiger partial charge in [-0.15, -0.1) is 0 Å². The van der Waals surface area contributed by atoms with E-state index in [1.807, 2.05) is 12.1 Å². The van der Waals surface area contributed by atoms with Gasteiger partial charge in [-0.25, -0.2) is 0 Å². The van der Waals surface area contributed by atoms with Crippen LogP contribution in [0.15, 0.2) is 36.7 Å². The van der Waals surface area contributed by atoms with Crippen molar-refractivity contribution in [2.24, 2.45) is 0 Å². The second-order valence-corrected chi connectivity index (χ2v) is 2.82. The van der Waals surface area contributed by atoms with Gasteiger partial charge in [0.1, 0.15) is 0 Å². The summed E-state index contributed by atoms with van der Waals surface area (Å²) in [4.78, 5) is 0. The minimum absolute atomic E-state index is 0.454. The zero-order chi connectivity index (χ0) is 9.68. The fourth-order valence-corrected chi connectivity index (χ4v) is 0.852. The van der Waals surface area contributed by atoms with E-state index in [0.29, 0.717) is 10.9 Å². The number of rotatable bonds is 4. The van der Waals surface area contributed by atoms with E-state index in [2.05, 4.69) is 17.4 Å². The first-order valence-electron chi connectivity index (χ1n) is 3.73. The molecule has 0 aliphatic carbocycles. The van der Waals surface area contributed by atoms with Gasteiger partial charge in [-0.2, -0.15) is 0 Å². The smallest absolute Gasteiger partial charge is 0.197 e. The van der Waals surface area contributed by atoms with E-state index < -0.39 is 0 Å². The lowest BCUT2D eigenvalue weighted by Gasteiger charge is -2.10. The molecule has 0 spiro atoms. The van der Waals surface area contributed by atoms with Gasteiger partial charge in [0.2, 0.25) is 0 Å². The molecule has 0 amide bonds. The molecule has 0 aliphatic rings. The first kappa shape index (κ1) is 9.74. The fraction of sp³-hybridized carbons (Fsp3) is 0.111. The Morgan fingerprint density at radius 2 is 2.00 bits per heavy atom. The van der Waals surface area contributed by atoms with Gasteiger partial charge in [-0.3, -0.25) is 10.9 Å². The van der Waals surface area contributed by atoms with Crippen molar-refractivity contribution in [3.8, 4) is 0 Å². The van der Waals surface area contributed by atoms with E-state index in [0.717, 1.165) is 5.69 Å². The van der Waals surface area contributed by atoms with Crippen LogP contribution in [0.3, 0.4) is 0 Å². The summed E-state index contributed by atoms with van der Waals surface area (Å²) in [7, 11) is 1.54. The third-order valence-corrected chi connectivity index (χ3v) is 1.69. The van der Waals surface area contributed by atoms with Crippen LogP contribution in [-0.4, -0.2) is 7.11 Å². The Morgan fingerprint density at radius 1 is 1.38 bits per heavy atom. The number of hydrazine groups is 1. The van der Waals surface area contributed by atoms with E-state index in [1.165, 1.54) is 0 Å². The highest BCUT2D eigenvalue weighted by Crippen LogP contribution is 2.12. The summed E-state index contributed by atoms with van der Waals surface area (Å²) in [5, 5.41) is 0.705. The lowest BCUT2D eigenvalue weighted by Crippen LogP contribution is -2.20. The van der Waals surface area contributed by atoms with Gasteiger partial charge >= 0.3 is 0 Å². The van der Waals surface area contributed by atoms with Crippen LogP contribution >= 0.6 is 11.6 Å². The zero-order valence-corrected chi connectivity index (χ0v) is 8.06. The summed E-state index contributed by atoms with van der Waals surface area (Å²) < 4.78 is 4.80. The van der Waals surface area contributed by atoms with Crippen molar-refractivity contribution >= 4 is 17.3 Å². The van der Waals surface area contributed by atoms with Crippen LogP contribution in [0.2, 0.25) is 5.02 Å². The standard InChI is InChI=1S/C9H11ClN2O/c1-7(13-2)11-12-9-5-3-8(10)4-6-9/h3-6,11-12H,1H2,2H3. The number of nitrogens with one attached hydrogen (secondary N) is 2. The molecule has 3 nitrogen and oxygen atoms in total. The summed E-state index contributed by atoms with van der Waals surface area (Å²) in [5.41, 5.74) is 6.54. The molecule has 0 saturated carbocycles. The average molecular weight is 199 g/mol. The van der Waals surface area contributed by atoms with Crippen molar-refractivity contribution in [2.45, 2.75) is 0 Å². The van der Waals surface area contributed by atoms with E-state index in [9.17, 15) is 0 Å². The van der Waals surface area contributed by atoms with Crippen LogP contribution in [0.25, 0.3) is 0 Å². The third kappa shape index (κ3) is 3.25. The Balaban J connectivity index is 2.46. The van der Waals surface area contributed by atoms with Crippen LogP contribution in [0.1, 0.15) is 0 Å². The summed E-state index contributed by atoms with van der Waals surface area (Å²) in [6, 6.07) is 7.28. The van der Waals surface area contributed by atoms with E-state index in [4.69, 9.17) is 16.3 Å². The Kier molecular flexibility index (Phi) is 3.46. The van der Waals surface area contributed by atoms with E-state index >= 15 is 0 Å². The summed E-state index contributed by atoms with van der Waals surface area (Å²) in [5.74, 6) is 0.454. The molecule has 0 aliphatic heterocycles. The number of anilines is 1. The van der Waals surface area contributed by atoms with Gasteiger partial charge in [0, 0.05) is 5.02 Å². The first-order chi connectivity index (χ1) is 6.22. The van der Waals surface area contributed by atoms with Crippen molar-refractivity contribution in [3.63, 3.8) is 0 Å². The zero-order valence-electron chi connectivity index (χ0n) is 7.30. The van der Waals surface area contributed by atoms with Gasteiger partial charge in [-0.05, 0) is 30.8 Å². The summed E-state index contributed by atoms with van der Waals surface area (Å²) in [6.45, 7) is 3.58. The third-order valence-electron chi connectivity index (χ3n) is 1.44. The monoisotopic (exact) mass is 198 g/mol. The molecule has 2 N–H and O–H groups in total. The Hall–Kier alpha value is -1.35. The molecule has 4 heteroatoms. The number of ether oxygens (including phenoxy) is 1. The maximum Gasteiger partial charge on any atom is 0.197 e. The molecule has 0 heterocycles. The topological polar surface area (TPSA) is 33.3 Å². The minimum atomic E-state index is 0.454. The predicted octanol–water partition coefficient (Wildman–Crippen LogP) is 2.37. The maximum atomic E-state index is 5.71. The van der Waals surface area contributed by atoms with Gasteiger partial charge < -0.3 is 4.74 Å². The molecular weight excluding hydrogens is 188 g/mol. The molecule has 70 valence electrons. The molecule has 0 bridgehead atoms. The number of benzene rings is 1. The van der Waals surface area contributed by atoms with Crippen molar-refractivity contribution in [1.82, 2.24) is 5.43 Å². The van der Waals surface area contributed by atoms with Crippen molar-refractivity contribution in [2.75, 3.05) is 12.5 Å². The van der Waals surface area contributed by atoms with Crippen molar-refractivity contribution in [1.29, 1.82) is 0 Å². The van der Waals surface area contributed by atoms with Crippen molar-refractivity contribution in [3.05, 3.63) is 41.8 Å². The molecule has 0 radical (unpaired) electrons. The summed E-state index contributed by atoms with van der Waals surface area (Å²) >= 11 is 5.71. The molecule has 0 aromatic heterocycles. The highest BCUT2D eigenvalue weighted by Gasteiger charge is 1.91. The van der Waals surface area contributed by atoms with Crippen LogP contribution in [0.5, 0.6) is 0 Å². The molecule has 0 atom stereocenters. The highest BCUT2D eigenvalue weighted by molar-refractivity contribution is 6.30. The summed E-state index contributed by atoms with van der Waals surface area (Å²) in [6.07, 6.45) is 0. The maximum absolute atomic E-state index is 5.71.